The van der Waals surface area contributed by atoms with Crippen LogP contribution in [0.3, 0.4) is 0 Å². The average molecular weight is 298 g/mol. The van der Waals surface area contributed by atoms with Crippen molar-refractivity contribution in [2.45, 2.75) is 52.6 Å². The van der Waals surface area contributed by atoms with Gasteiger partial charge >= 0.3 is 0 Å². The van der Waals surface area contributed by atoms with E-state index in [4.69, 9.17) is 9.73 Å². The molecule has 2 N–H and O–H groups in total. The molecule has 0 aliphatic carbocycles. The van der Waals surface area contributed by atoms with E-state index in [9.17, 15) is 0 Å². The van der Waals surface area contributed by atoms with E-state index in [2.05, 4.69) is 43.2 Å². The molecule has 21 heavy (non-hydrogen) atoms. The first kappa shape index (κ1) is 18.2. The predicted molar refractivity (Wildman–Crippen MR) is 89.9 cm³/mol. The smallest absolute Gasteiger partial charge is 0.191 e. The van der Waals surface area contributed by atoms with Crippen LogP contribution in [0.5, 0.6) is 0 Å². The van der Waals surface area contributed by atoms with Gasteiger partial charge in [0.2, 0.25) is 0 Å². The van der Waals surface area contributed by atoms with Gasteiger partial charge in [-0.2, -0.15) is 0 Å². The summed E-state index contributed by atoms with van der Waals surface area (Å²) in [6.07, 6.45) is 2.68. The van der Waals surface area contributed by atoms with Crippen molar-refractivity contribution < 1.29 is 4.74 Å². The summed E-state index contributed by atoms with van der Waals surface area (Å²) in [4.78, 5) is 7.30. The van der Waals surface area contributed by atoms with Crippen LogP contribution in [0, 0.1) is 5.92 Å². The molecule has 5 heteroatoms. The summed E-state index contributed by atoms with van der Waals surface area (Å²) >= 11 is 0. The van der Waals surface area contributed by atoms with Gasteiger partial charge in [0.1, 0.15) is 0 Å². The number of guanidine groups is 1. The Bertz CT molecular complexity index is 309. The molecule has 1 saturated heterocycles. The van der Waals surface area contributed by atoms with Gasteiger partial charge in [0.25, 0.3) is 0 Å². The first-order chi connectivity index (χ1) is 10.1. The first-order valence-electron chi connectivity index (χ1n) is 8.34. The zero-order valence-electron chi connectivity index (χ0n) is 14.5. The molecule has 0 saturated carbocycles. The number of hydrogen-bond acceptors (Lipinski definition) is 3. The van der Waals surface area contributed by atoms with Gasteiger partial charge in [0.15, 0.2) is 5.96 Å². The lowest BCUT2D eigenvalue weighted by Gasteiger charge is -2.35. The largest absolute Gasteiger partial charge is 0.383 e. The van der Waals surface area contributed by atoms with Crippen molar-refractivity contribution in [1.82, 2.24) is 15.5 Å². The molecule has 0 aromatic carbocycles. The predicted octanol–water partition coefficient (Wildman–Crippen LogP) is 1.70. The van der Waals surface area contributed by atoms with Gasteiger partial charge in [0, 0.05) is 32.3 Å². The van der Waals surface area contributed by atoms with E-state index in [0.29, 0.717) is 12.6 Å². The van der Waals surface area contributed by atoms with E-state index in [1.807, 2.05) is 0 Å². The summed E-state index contributed by atoms with van der Waals surface area (Å²) in [5.74, 6) is 1.71. The second-order valence-corrected chi connectivity index (χ2v) is 6.31. The molecule has 1 fully saturated rings. The Labute approximate surface area is 130 Å². The van der Waals surface area contributed by atoms with Crippen molar-refractivity contribution >= 4 is 5.96 Å². The maximum atomic E-state index is 5.16. The third-order valence-corrected chi connectivity index (χ3v) is 3.97. The normalized spacial score (nSPS) is 23.7. The monoisotopic (exact) mass is 298 g/mol. The number of aliphatic imine (C=N–C) groups is 1. The minimum absolute atomic E-state index is 0.262. The molecule has 0 bridgehead atoms. The number of nitrogens with one attached hydrogen (secondary N) is 2. The molecule has 0 radical (unpaired) electrons. The van der Waals surface area contributed by atoms with Crippen LogP contribution in [-0.4, -0.2) is 62.8 Å². The Balaban J connectivity index is 2.47. The molecule has 1 heterocycles. The highest BCUT2D eigenvalue weighted by Crippen LogP contribution is 2.17. The third-order valence-electron chi connectivity index (χ3n) is 3.97. The maximum Gasteiger partial charge on any atom is 0.191 e. The van der Waals surface area contributed by atoms with Crippen molar-refractivity contribution in [1.29, 1.82) is 0 Å². The van der Waals surface area contributed by atoms with Crippen LogP contribution in [0.2, 0.25) is 0 Å². The quantitative estimate of drug-likeness (QED) is 0.555. The number of hydrogen-bond donors (Lipinski definition) is 2. The lowest BCUT2D eigenvalue weighted by atomic mass is 9.99. The molecule has 0 aromatic rings. The van der Waals surface area contributed by atoms with E-state index >= 15 is 0 Å². The van der Waals surface area contributed by atoms with E-state index in [0.717, 1.165) is 25.0 Å². The number of nitrogens with zero attached hydrogens (tertiary/aromatic N) is 2. The molecule has 1 aliphatic heterocycles. The minimum Gasteiger partial charge on any atom is -0.383 e. The molecule has 124 valence electrons. The van der Waals surface area contributed by atoms with Crippen molar-refractivity contribution in [2.75, 3.05) is 39.9 Å². The minimum atomic E-state index is 0.262. The SMILES string of the molecule is CCNC(=NCC(C)N1CCCC(C)C1)NC(C)COC. The molecule has 0 spiro atoms. The van der Waals surface area contributed by atoms with Crippen LogP contribution in [-0.2, 0) is 4.74 Å². The molecule has 3 unspecified atom stereocenters. The van der Waals surface area contributed by atoms with Crippen LogP contribution in [0.4, 0.5) is 0 Å². The van der Waals surface area contributed by atoms with Crippen molar-refractivity contribution in [3.63, 3.8) is 0 Å². The molecule has 1 aliphatic rings. The van der Waals surface area contributed by atoms with Gasteiger partial charge in [-0.25, -0.2) is 0 Å². The van der Waals surface area contributed by atoms with Crippen molar-refractivity contribution in [3.05, 3.63) is 0 Å². The van der Waals surface area contributed by atoms with Crippen LogP contribution in [0.15, 0.2) is 4.99 Å². The van der Waals surface area contributed by atoms with Gasteiger partial charge < -0.3 is 15.4 Å². The van der Waals surface area contributed by atoms with Crippen molar-refractivity contribution in [2.24, 2.45) is 10.9 Å². The van der Waals surface area contributed by atoms with Crippen LogP contribution < -0.4 is 10.6 Å². The zero-order chi connectivity index (χ0) is 15.7. The summed E-state index contributed by atoms with van der Waals surface area (Å²) in [6, 6.07) is 0.763. The molecule has 5 nitrogen and oxygen atoms in total. The summed E-state index contributed by atoms with van der Waals surface area (Å²) in [5.41, 5.74) is 0. The zero-order valence-corrected chi connectivity index (χ0v) is 14.5. The van der Waals surface area contributed by atoms with Crippen LogP contribution >= 0.6 is 0 Å². The summed E-state index contributed by atoms with van der Waals surface area (Å²) in [5, 5.41) is 6.69. The Morgan fingerprint density at radius 2 is 2.19 bits per heavy atom. The average Bonchev–Trinajstić information content (AvgIpc) is 2.45. The van der Waals surface area contributed by atoms with Crippen LogP contribution in [0.25, 0.3) is 0 Å². The Morgan fingerprint density at radius 1 is 1.43 bits per heavy atom. The Kier molecular flexibility index (Phi) is 8.69. The fourth-order valence-corrected chi connectivity index (χ4v) is 2.81. The standard InChI is InChI=1S/C16H34N4O/c1-6-17-16(19-14(3)12-21-5)18-10-15(4)20-9-7-8-13(2)11-20/h13-15H,6-12H2,1-5H3,(H2,17,18,19). The molecule has 0 aromatic heterocycles. The van der Waals surface area contributed by atoms with Gasteiger partial charge in [-0.05, 0) is 46.1 Å². The van der Waals surface area contributed by atoms with E-state index in [1.165, 1.54) is 25.9 Å². The summed E-state index contributed by atoms with van der Waals surface area (Å²) in [7, 11) is 1.72. The first-order valence-corrected chi connectivity index (χ1v) is 8.34. The van der Waals surface area contributed by atoms with Gasteiger partial charge in [-0.15, -0.1) is 0 Å². The summed E-state index contributed by atoms with van der Waals surface area (Å²) in [6.45, 7) is 13.6. The van der Waals surface area contributed by atoms with Gasteiger partial charge in [0.05, 0.1) is 13.2 Å². The highest BCUT2D eigenvalue weighted by molar-refractivity contribution is 5.80. The Morgan fingerprint density at radius 3 is 2.81 bits per heavy atom. The highest BCUT2D eigenvalue weighted by atomic mass is 16.5. The molecular formula is C16H34N4O. The second-order valence-electron chi connectivity index (χ2n) is 6.31. The Hall–Kier alpha value is -0.810. The number of methoxy groups -OCH3 is 1. The number of ether oxygens (including phenoxy) is 1. The fourth-order valence-electron chi connectivity index (χ4n) is 2.81. The van der Waals surface area contributed by atoms with E-state index < -0.39 is 0 Å². The van der Waals surface area contributed by atoms with E-state index in [-0.39, 0.29) is 6.04 Å². The summed E-state index contributed by atoms with van der Waals surface area (Å²) < 4.78 is 5.16. The lowest BCUT2D eigenvalue weighted by Crippen LogP contribution is -2.46. The third kappa shape index (κ3) is 7.14. The van der Waals surface area contributed by atoms with Gasteiger partial charge in [-0.1, -0.05) is 6.92 Å². The number of likely N-dealkylation sites (tertiary alicyclic amines) is 1. The molecule has 3 atom stereocenters. The molecule has 1 rings (SSSR count). The highest BCUT2D eigenvalue weighted by Gasteiger charge is 2.20. The topological polar surface area (TPSA) is 48.9 Å². The van der Waals surface area contributed by atoms with E-state index in [1.54, 1.807) is 7.11 Å². The molecular weight excluding hydrogens is 264 g/mol. The number of piperidine rings is 1. The number of rotatable bonds is 7. The van der Waals surface area contributed by atoms with Gasteiger partial charge in [-0.3, -0.25) is 9.89 Å². The van der Waals surface area contributed by atoms with Crippen LogP contribution in [0.1, 0.15) is 40.5 Å². The fraction of sp³-hybridized carbons (Fsp3) is 0.938. The molecule has 0 amide bonds. The van der Waals surface area contributed by atoms with Crippen molar-refractivity contribution in [3.8, 4) is 0 Å². The maximum absolute atomic E-state index is 5.16. The lowest BCUT2D eigenvalue weighted by molar-refractivity contribution is 0.142. The second kappa shape index (κ2) is 10.0.